The second kappa shape index (κ2) is 4.87. The number of rotatable bonds is 3. The highest BCUT2D eigenvalue weighted by Crippen LogP contribution is 2.27. The summed E-state index contributed by atoms with van der Waals surface area (Å²) in [6.07, 6.45) is -0.748. The van der Waals surface area contributed by atoms with E-state index in [-0.39, 0.29) is 0 Å². The standard InChI is InChI=1S/C9H10BrFS/c1-7(11)6-12-9-5-3-2-4-8(9)10/h2-5,7H,6H2,1H3. The molecule has 12 heavy (non-hydrogen) atoms. The third kappa shape index (κ3) is 3.15. The molecule has 1 aromatic carbocycles. The van der Waals surface area contributed by atoms with Gasteiger partial charge in [0.05, 0.1) is 0 Å². The van der Waals surface area contributed by atoms with Crippen LogP contribution in [-0.4, -0.2) is 11.9 Å². The van der Waals surface area contributed by atoms with Crippen LogP contribution in [0, 0.1) is 0 Å². The second-order valence-corrected chi connectivity index (χ2v) is 4.44. The minimum atomic E-state index is -0.748. The van der Waals surface area contributed by atoms with Crippen LogP contribution in [0.25, 0.3) is 0 Å². The minimum Gasteiger partial charge on any atom is -0.247 e. The average molecular weight is 249 g/mol. The van der Waals surface area contributed by atoms with Crippen LogP contribution < -0.4 is 0 Å². The molecule has 0 fully saturated rings. The molecule has 0 saturated carbocycles. The van der Waals surface area contributed by atoms with Crippen LogP contribution in [0.1, 0.15) is 6.92 Å². The van der Waals surface area contributed by atoms with E-state index in [4.69, 9.17) is 0 Å². The lowest BCUT2D eigenvalue weighted by Crippen LogP contribution is -1.95. The molecule has 1 atom stereocenters. The number of halogens is 2. The molecule has 0 aliphatic rings. The maximum atomic E-state index is 12.5. The summed E-state index contributed by atoms with van der Waals surface area (Å²) >= 11 is 4.94. The lowest BCUT2D eigenvalue weighted by molar-refractivity contribution is 0.398. The van der Waals surface area contributed by atoms with Crippen molar-refractivity contribution in [3.05, 3.63) is 28.7 Å². The van der Waals surface area contributed by atoms with Crippen LogP contribution >= 0.6 is 27.7 Å². The van der Waals surface area contributed by atoms with E-state index >= 15 is 0 Å². The third-order valence-electron chi connectivity index (χ3n) is 1.31. The van der Waals surface area contributed by atoms with E-state index in [1.165, 1.54) is 11.8 Å². The summed E-state index contributed by atoms with van der Waals surface area (Å²) < 4.78 is 13.5. The fourth-order valence-electron chi connectivity index (χ4n) is 0.766. The second-order valence-electron chi connectivity index (χ2n) is 2.52. The van der Waals surface area contributed by atoms with E-state index < -0.39 is 6.17 Å². The molecule has 0 aliphatic heterocycles. The Morgan fingerprint density at radius 2 is 2.17 bits per heavy atom. The van der Waals surface area contributed by atoms with Crippen molar-refractivity contribution in [2.75, 3.05) is 5.75 Å². The molecular formula is C9H10BrFS. The molecule has 0 amide bonds. The van der Waals surface area contributed by atoms with E-state index in [0.717, 1.165) is 9.37 Å². The van der Waals surface area contributed by atoms with Crippen molar-refractivity contribution in [1.29, 1.82) is 0 Å². The van der Waals surface area contributed by atoms with Crippen molar-refractivity contribution in [1.82, 2.24) is 0 Å². The highest BCUT2D eigenvalue weighted by Gasteiger charge is 2.02. The first kappa shape index (κ1) is 10.1. The fraction of sp³-hybridized carbons (Fsp3) is 0.333. The molecule has 0 aromatic heterocycles. The molecule has 1 rings (SSSR count). The summed E-state index contributed by atoms with van der Waals surface area (Å²) in [6, 6.07) is 7.85. The normalized spacial score (nSPS) is 12.9. The molecule has 0 heterocycles. The van der Waals surface area contributed by atoms with Gasteiger partial charge in [-0.15, -0.1) is 11.8 Å². The van der Waals surface area contributed by atoms with Gasteiger partial charge in [-0.05, 0) is 35.0 Å². The molecule has 0 saturated heterocycles. The molecule has 0 nitrogen and oxygen atoms in total. The molecule has 0 bridgehead atoms. The summed E-state index contributed by atoms with van der Waals surface area (Å²) in [5, 5.41) is 0. The zero-order valence-corrected chi connectivity index (χ0v) is 9.16. The van der Waals surface area contributed by atoms with Crippen LogP contribution in [0.15, 0.2) is 33.6 Å². The predicted octanol–water partition coefficient (Wildman–Crippen LogP) is 3.90. The van der Waals surface area contributed by atoms with Crippen LogP contribution in [0.5, 0.6) is 0 Å². The highest BCUT2D eigenvalue weighted by atomic mass is 79.9. The first-order valence-corrected chi connectivity index (χ1v) is 5.49. The van der Waals surface area contributed by atoms with E-state index in [9.17, 15) is 4.39 Å². The minimum absolute atomic E-state index is 0.516. The van der Waals surface area contributed by atoms with Gasteiger partial charge in [-0.3, -0.25) is 0 Å². The van der Waals surface area contributed by atoms with Gasteiger partial charge in [0.1, 0.15) is 6.17 Å². The molecule has 3 heteroatoms. The Hall–Kier alpha value is -0.0200. The van der Waals surface area contributed by atoms with Crippen LogP contribution in [-0.2, 0) is 0 Å². The van der Waals surface area contributed by atoms with Crippen LogP contribution in [0.4, 0.5) is 4.39 Å². The van der Waals surface area contributed by atoms with E-state index in [1.54, 1.807) is 6.92 Å². The quantitative estimate of drug-likeness (QED) is 0.732. The van der Waals surface area contributed by atoms with Crippen molar-refractivity contribution >= 4 is 27.7 Å². The van der Waals surface area contributed by atoms with Gasteiger partial charge in [0.25, 0.3) is 0 Å². The van der Waals surface area contributed by atoms with Crippen molar-refractivity contribution in [3.8, 4) is 0 Å². The molecule has 66 valence electrons. The predicted molar refractivity (Wildman–Crippen MR) is 55.4 cm³/mol. The van der Waals surface area contributed by atoms with Crippen LogP contribution in [0.2, 0.25) is 0 Å². The number of alkyl halides is 1. The summed E-state index contributed by atoms with van der Waals surface area (Å²) in [6.45, 7) is 1.57. The summed E-state index contributed by atoms with van der Waals surface area (Å²) in [7, 11) is 0. The summed E-state index contributed by atoms with van der Waals surface area (Å²) in [5.74, 6) is 0.516. The molecule has 0 N–H and O–H groups in total. The maximum absolute atomic E-state index is 12.5. The van der Waals surface area contributed by atoms with E-state index in [2.05, 4.69) is 15.9 Å². The smallest absolute Gasteiger partial charge is 0.107 e. The van der Waals surface area contributed by atoms with Gasteiger partial charge in [-0.25, -0.2) is 4.39 Å². The van der Waals surface area contributed by atoms with Crippen molar-refractivity contribution in [2.45, 2.75) is 18.0 Å². The molecule has 0 aliphatic carbocycles. The number of hydrogen-bond donors (Lipinski definition) is 0. The third-order valence-corrected chi connectivity index (χ3v) is 3.55. The summed E-state index contributed by atoms with van der Waals surface area (Å²) in [5.41, 5.74) is 0. The lowest BCUT2D eigenvalue weighted by atomic mass is 10.4. The monoisotopic (exact) mass is 248 g/mol. The van der Waals surface area contributed by atoms with Crippen molar-refractivity contribution < 1.29 is 4.39 Å². The van der Waals surface area contributed by atoms with Crippen LogP contribution in [0.3, 0.4) is 0 Å². The number of hydrogen-bond acceptors (Lipinski definition) is 1. The van der Waals surface area contributed by atoms with Crippen molar-refractivity contribution in [2.24, 2.45) is 0 Å². The molecular weight excluding hydrogens is 239 g/mol. The van der Waals surface area contributed by atoms with Gasteiger partial charge in [0.15, 0.2) is 0 Å². The first-order chi connectivity index (χ1) is 5.70. The highest BCUT2D eigenvalue weighted by molar-refractivity contribution is 9.10. The van der Waals surface area contributed by atoms with Gasteiger partial charge in [0, 0.05) is 15.1 Å². The number of benzene rings is 1. The van der Waals surface area contributed by atoms with E-state index in [1.807, 2.05) is 24.3 Å². The first-order valence-electron chi connectivity index (χ1n) is 3.71. The Bertz CT molecular complexity index is 250. The molecule has 1 aromatic rings. The Morgan fingerprint density at radius 1 is 1.50 bits per heavy atom. The molecule has 1 unspecified atom stereocenters. The van der Waals surface area contributed by atoms with Gasteiger partial charge < -0.3 is 0 Å². The summed E-state index contributed by atoms with van der Waals surface area (Å²) in [4.78, 5) is 1.10. The molecule has 0 radical (unpaired) electrons. The largest absolute Gasteiger partial charge is 0.247 e. The number of thioether (sulfide) groups is 1. The zero-order chi connectivity index (χ0) is 8.97. The lowest BCUT2D eigenvalue weighted by Gasteiger charge is -2.03. The fourth-order valence-corrected chi connectivity index (χ4v) is 2.18. The van der Waals surface area contributed by atoms with Gasteiger partial charge in [0.2, 0.25) is 0 Å². The SMILES string of the molecule is CC(F)CSc1ccccc1Br. The Morgan fingerprint density at radius 3 is 2.75 bits per heavy atom. The Balaban J connectivity index is 2.57. The average Bonchev–Trinajstić information content (AvgIpc) is 2.03. The van der Waals surface area contributed by atoms with E-state index in [0.29, 0.717) is 5.75 Å². The topological polar surface area (TPSA) is 0 Å². The zero-order valence-electron chi connectivity index (χ0n) is 6.76. The van der Waals surface area contributed by atoms with Gasteiger partial charge >= 0.3 is 0 Å². The van der Waals surface area contributed by atoms with Crippen molar-refractivity contribution in [3.63, 3.8) is 0 Å². The maximum Gasteiger partial charge on any atom is 0.107 e. The van der Waals surface area contributed by atoms with Gasteiger partial charge in [-0.2, -0.15) is 0 Å². The Labute approximate surface area is 84.7 Å². The van der Waals surface area contributed by atoms with Gasteiger partial charge in [-0.1, -0.05) is 12.1 Å². The Kier molecular flexibility index (Phi) is 4.09. The molecule has 0 spiro atoms.